The number of benzene rings is 1. The van der Waals surface area contributed by atoms with E-state index in [-0.39, 0.29) is 18.0 Å². The highest BCUT2D eigenvalue weighted by Crippen LogP contribution is 2.22. The minimum Gasteiger partial charge on any atom is -0.378 e. The van der Waals surface area contributed by atoms with Gasteiger partial charge in [-0.1, -0.05) is 0 Å². The van der Waals surface area contributed by atoms with Gasteiger partial charge in [-0.2, -0.15) is 0 Å². The number of sulfone groups is 1. The lowest BCUT2D eigenvalue weighted by molar-refractivity contribution is 0.0898. The summed E-state index contributed by atoms with van der Waals surface area (Å²) >= 11 is 0. The van der Waals surface area contributed by atoms with Crippen molar-refractivity contribution in [2.45, 2.75) is 31.3 Å². The van der Waals surface area contributed by atoms with Gasteiger partial charge in [-0.25, -0.2) is 8.42 Å². The van der Waals surface area contributed by atoms with Crippen molar-refractivity contribution in [2.24, 2.45) is 0 Å². The molecule has 1 amide bonds. The van der Waals surface area contributed by atoms with Crippen LogP contribution < -0.4 is 10.2 Å². The molecule has 0 aromatic heterocycles. The zero-order valence-corrected chi connectivity index (χ0v) is 17.0. The molecule has 3 fully saturated rings. The zero-order chi connectivity index (χ0) is 19.6. The van der Waals surface area contributed by atoms with E-state index in [0.717, 1.165) is 64.3 Å². The molecule has 4 rings (SSSR count). The highest BCUT2D eigenvalue weighted by Gasteiger charge is 2.34. The Labute approximate surface area is 166 Å². The van der Waals surface area contributed by atoms with Gasteiger partial charge in [0.25, 0.3) is 5.91 Å². The van der Waals surface area contributed by atoms with Gasteiger partial charge in [0.1, 0.15) is 0 Å². The molecule has 8 heteroatoms. The van der Waals surface area contributed by atoms with Crippen LogP contribution in [-0.4, -0.2) is 82.2 Å². The number of carbonyl (C=O) groups excluding carboxylic acids is 1. The second-order valence-corrected chi connectivity index (χ2v) is 10.2. The van der Waals surface area contributed by atoms with Gasteiger partial charge in [-0.3, -0.25) is 9.69 Å². The molecule has 1 unspecified atom stereocenters. The molecule has 0 aliphatic carbocycles. The number of hydrogen-bond donors (Lipinski definition) is 1. The fraction of sp³-hybridized carbons (Fsp3) is 0.650. The van der Waals surface area contributed by atoms with Gasteiger partial charge < -0.3 is 15.0 Å². The Hall–Kier alpha value is -1.64. The van der Waals surface area contributed by atoms with Crippen molar-refractivity contribution >= 4 is 21.4 Å². The highest BCUT2D eigenvalue weighted by atomic mass is 32.2. The summed E-state index contributed by atoms with van der Waals surface area (Å²) in [5.41, 5.74) is 1.81. The van der Waals surface area contributed by atoms with E-state index in [0.29, 0.717) is 17.1 Å². The van der Waals surface area contributed by atoms with Gasteiger partial charge in [0, 0.05) is 49.5 Å². The van der Waals surface area contributed by atoms with Crippen LogP contribution in [-0.2, 0) is 14.6 Å². The molecule has 0 spiro atoms. The lowest BCUT2D eigenvalue weighted by atomic mass is 10.0. The second-order valence-electron chi connectivity index (χ2n) is 7.99. The molecule has 7 nitrogen and oxygen atoms in total. The third-order valence-corrected chi connectivity index (χ3v) is 7.85. The standard InChI is InChI=1S/C20H29N3O4S/c24-20(16-1-3-18(4-2-16)23-10-12-27-13-11-23)21-17-5-8-22(9-6-17)19-7-14-28(25,26)15-19/h1-4,17,19H,5-15H2,(H,21,24). The minimum atomic E-state index is -2.85. The number of anilines is 1. The largest absolute Gasteiger partial charge is 0.378 e. The quantitative estimate of drug-likeness (QED) is 0.799. The normalized spacial score (nSPS) is 26.3. The number of hydrogen-bond acceptors (Lipinski definition) is 6. The fourth-order valence-corrected chi connectivity index (χ4v) is 6.15. The van der Waals surface area contributed by atoms with Crippen molar-refractivity contribution in [3.63, 3.8) is 0 Å². The van der Waals surface area contributed by atoms with E-state index in [9.17, 15) is 13.2 Å². The molecule has 3 aliphatic rings. The molecule has 3 heterocycles. The van der Waals surface area contributed by atoms with Crippen molar-refractivity contribution in [3.05, 3.63) is 29.8 Å². The number of nitrogens with zero attached hydrogens (tertiary/aromatic N) is 2. The molecule has 3 aliphatic heterocycles. The van der Waals surface area contributed by atoms with E-state index in [1.165, 1.54) is 0 Å². The van der Waals surface area contributed by atoms with Gasteiger partial charge in [0.2, 0.25) is 0 Å². The predicted molar refractivity (Wildman–Crippen MR) is 109 cm³/mol. The van der Waals surface area contributed by atoms with Crippen LogP contribution in [0.4, 0.5) is 5.69 Å². The lowest BCUT2D eigenvalue weighted by Gasteiger charge is -2.35. The number of likely N-dealkylation sites (tertiary alicyclic amines) is 1. The fourth-order valence-electron chi connectivity index (χ4n) is 4.39. The monoisotopic (exact) mass is 407 g/mol. The molecule has 0 radical (unpaired) electrons. The summed E-state index contributed by atoms with van der Waals surface area (Å²) in [5, 5.41) is 3.14. The van der Waals surface area contributed by atoms with E-state index in [2.05, 4.69) is 15.1 Å². The molecule has 3 saturated heterocycles. The van der Waals surface area contributed by atoms with Crippen LogP contribution in [0.1, 0.15) is 29.6 Å². The van der Waals surface area contributed by atoms with Gasteiger partial charge in [-0.15, -0.1) is 0 Å². The Balaban J connectivity index is 1.26. The number of morpholine rings is 1. The predicted octanol–water partition coefficient (Wildman–Crippen LogP) is 0.905. The smallest absolute Gasteiger partial charge is 0.251 e. The molecule has 0 bridgehead atoms. The summed E-state index contributed by atoms with van der Waals surface area (Å²) < 4.78 is 28.7. The van der Waals surface area contributed by atoms with E-state index >= 15 is 0 Å². The van der Waals surface area contributed by atoms with Gasteiger partial charge in [0.05, 0.1) is 24.7 Å². The molecule has 1 atom stereocenters. The van der Waals surface area contributed by atoms with Crippen LogP contribution >= 0.6 is 0 Å². The highest BCUT2D eigenvalue weighted by molar-refractivity contribution is 7.91. The first-order valence-electron chi connectivity index (χ1n) is 10.2. The summed E-state index contributed by atoms with van der Waals surface area (Å²) in [6.07, 6.45) is 2.48. The number of ether oxygens (including phenoxy) is 1. The van der Waals surface area contributed by atoms with Gasteiger partial charge in [-0.05, 0) is 43.5 Å². The van der Waals surface area contributed by atoms with Crippen molar-refractivity contribution in [1.82, 2.24) is 10.2 Å². The van der Waals surface area contributed by atoms with Crippen molar-refractivity contribution in [1.29, 1.82) is 0 Å². The summed E-state index contributed by atoms with van der Waals surface area (Å²) in [5.74, 6) is 0.573. The summed E-state index contributed by atoms with van der Waals surface area (Å²) in [7, 11) is -2.85. The molecule has 0 saturated carbocycles. The van der Waals surface area contributed by atoms with Crippen LogP contribution in [0.5, 0.6) is 0 Å². The van der Waals surface area contributed by atoms with Crippen molar-refractivity contribution < 1.29 is 17.9 Å². The first kappa shape index (κ1) is 19.7. The third-order valence-electron chi connectivity index (χ3n) is 6.10. The van der Waals surface area contributed by atoms with Crippen LogP contribution in [0.25, 0.3) is 0 Å². The van der Waals surface area contributed by atoms with Crippen LogP contribution in [0.3, 0.4) is 0 Å². The van der Waals surface area contributed by atoms with Gasteiger partial charge in [0.15, 0.2) is 9.84 Å². The Morgan fingerprint density at radius 1 is 1.00 bits per heavy atom. The summed E-state index contributed by atoms with van der Waals surface area (Å²) in [6, 6.07) is 8.10. The van der Waals surface area contributed by atoms with Crippen LogP contribution in [0, 0.1) is 0 Å². The SMILES string of the molecule is O=C(NC1CCN(C2CCS(=O)(=O)C2)CC1)c1ccc(N2CCOCC2)cc1. The average Bonchev–Trinajstić information content (AvgIpc) is 3.09. The molecular formula is C20H29N3O4S. The van der Waals surface area contributed by atoms with E-state index < -0.39 is 9.84 Å². The Kier molecular flexibility index (Phi) is 5.89. The molecule has 1 aromatic carbocycles. The number of nitrogens with one attached hydrogen (secondary N) is 1. The lowest BCUT2D eigenvalue weighted by Crippen LogP contribution is -2.48. The first-order valence-corrected chi connectivity index (χ1v) is 12.0. The zero-order valence-electron chi connectivity index (χ0n) is 16.2. The van der Waals surface area contributed by atoms with Crippen LogP contribution in [0.15, 0.2) is 24.3 Å². The maximum absolute atomic E-state index is 12.6. The maximum Gasteiger partial charge on any atom is 0.251 e. The molecular weight excluding hydrogens is 378 g/mol. The van der Waals surface area contributed by atoms with Crippen molar-refractivity contribution in [2.75, 3.05) is 55.8 Å². The summed E-state index contributed by atoms with van der Waals surface area (Å²) in [6.45, 7) is 4.95. The maximum atomic E-state index is 12.6. The number of piperidine rings is 1. The van der Waals surface area contributed by atoms with Crippen molar-refractivity contribution in [3.8, 4) is 0 Å². The molecule has 154 valence electrons. The topological polar surface area (TPSA) is 79.0 Å². The van der Waals surface area contributed by atoms with E-state index in [1.54, 1.807) is 0 Å². The van der Waals surface area contributed by atoms with E-state index in [1.807, 2.05) is 24.3 Å². The Bertz CT molecular complexity index is 782. The average molecular weight is 408 g/mol. The third kappa shape index (κ3) is 4.67. The number of rotatable bonds is 4. The molecule has 28 heavy (non-hydrogen) atoms. The minimum absolute atomic E-state index is 0.0320. The van der Waals surface area contributed by atoms with E-state index in [4.69, 9.17) is 4.74 Å². The molecule has 1 N–H and O–H groups in total. The number of amides is 1. The summed E-state index contributed by atoms with van der Waals surface area (Å²) in [4.78, 5) is 17.1. The Morgan fingerprint density at radius 2 is 1.68 bits per heavy atom. The second kappa shape index (κ2) is 8.39. The Morgan fingerprint density at radius 3 is 2.29 bits per heavy atom. The molecule has 1 aromatic rings. The van der Waals surface area contributed by atoms with Gasteiger partial charge >= 0.3 is 0 Å². The first-order chi connectivity index (χ1) is 13.5. The van der Waals surface area contributed by atoms with Crippen LogP contribution in [0.2, 0.25) is 0 Å². The number of carbonyl (C=O) groups is 1.